The summed E-state index contributed by atoms with van der Waals surface area (Å²) in [6, 6.07) is 0. The lowest BCUT2D eigenvalue weighted by Crippen LogP contribution is -2.26. The summed E-state index contributed by atoms with van der Waals surface area (Å²) in [6.45, 7) is 5.62. The van der Waals surface area contributed by atoms with Crippen LogP contribution in [0.2, 0.25) is 0 Å². The summed E-state index contributed by atoms with van der Waals surface area (Å²) in [5.74, 6) is 0.0929. The van der Waals surface area contributed by atoms with E-state index in [1.54, 1.807) is 17.9 Å². The molecule has 3 rings (SSSR count). The Labute approximate surface area is 130 Å². The van der Waals surface area contributed by atoms with Crippen molar-refractivity contribution in [3.05, 3.63) is 44.4 Å². The Kier molecular flexibility index (Phi) is 3.32. The Hall–Kier alpha value is -2.48. The van der Waals surface area contributed by atoms with Gasteiger partial charge in [-0.3, -0.25) is 18.7 Å². The van der Waals surface area contributed by atoms with Crippen molar-refractivity contribution < 1.29 is 4.79 Å². The Morgan fingerprint density at radius 1 is 1.32 bits per heavy atom. The second-order valence-electron chi connectivity index (χ2n) is 5.11. The van der Waals surface area contributed by atoms with Gasteiger partial charge in [-0.05, 0) is 20.8 Å². The van der Waals surface area contributed by atoms with Crippen molar-refractivity contribution in [2.45, 2.75) is 20.8 Å². The SMILES string of the molecule is Cc1cn2c(=O)c(C(=O)Nc3c(C)c(C)nn3C)cnc2s1. The lowest BCUT2D eigenvalue weighted by Gasteiger charge is -2.06. The zero-order valence-corrected chi connectivity index (χ0v) is 13.5. The van der Waals surface area contributed by atoms with Gasteiger partial charge in [0.1, 0.15) is 11.4 Å². The minimum absolute atomic E-state index is 0.00792. The highest BCUT2D eigenvalue weighted by molar-refractivity contribution is 7.16. The predicted molar refractivity (Wildman–Crippen MR) is 84.7 cm³/mol. The summed E-state index contributed by atoms with van der Waals surface area (Å²) in [5.41, 5.74) is 1.34. The summed E-state index contributed by atoms with van der Waals surface area (Å²) in [4.78, 5) is 30.5. The fourth-order valence-electron chi connectivity index (χ4n) is 2.26. The largest absolute Gasteiger partial charge is 0.306 e. The lowest BCUT2D eigenvalue weighted by atomic mass is 10.2. The topological polar surface area (TPSA) is 81.3 Å². The second-order valence-corrected chi connectivity index (χ2v) is 6.32. The van der Waals surface area contributed by atoms with Crippen LogP contribution in [-0.2, 0) is 7.05 Å². The zero-order valence-electron chi connectivity index (χ0n) is 12.7. The van der Waals surface area contributed by atoms with E-state index in [9.17, 15) is 9.59 Å². The highest BCUT2D eigenvalue weighted by Gasteiger charge is 2.18. The average molecular weight is 317 g/mol. The molecule has 3 heterocycles. The quantitative estimate of drug-likeness (QED) is 0.779. The molecule has 0 aliphatic rings. The number of thiazole rings is 1. The van der Waals surface area contributed by atoms with E-state index >= 15 is 0 Å². The van der Waals surface area contributed by atoms with Gasteiger partial charge in [0.05, 0.1) is 5.69 Å². The van der Waals surface area contributed by atoms with E-state index in [-0.39, 0.29) is 11.1 Å². The number of carbonyl (C=O) groups is 1. The van der Waals surface area contributed by atoms with E-state index < -0.39 is 5.91 Å². The molecule has 1 N–H and O–H groups in total. The molecule has 3 aromatic rings. The van der Waals surface area contributed by atoms with Gasteiger partial charge in [0, 0.05) is 29.9 Å². The molecular formula is C14H15N5O2S. The maximum Gasteiger partial charge on any atom is 0.271 e. The van der Waals surface area contributed by atoms with E-state index in [2.05, 4.69) is 15.4 Å². The van der Waals surface area contributed by atoms with Gasteiger partial charge in [-0.15, -0.1) is 11.3 Å². The molecule has 0 radical (unpaired) electrons. The molecule has 8 heteroatoms. The van der Waals surface area contributed by atoms with Crippen LogP contribution in [0.5, 0.6) is 0 Å². The van der Waals surface area contributed by atoms with Crippen LogP contribution in [0.1, 0.15) is 26.5 Å². The predicted octanol–water partition coefficient (Wildman–Crippen LogP) is 1.67. The van der Waals surface area contributed by atoms with Crippen LogP contribution in [0.15, 0.2) is 17.2 Å². The molecule has 0 aliphatic carbocycles. The summed E-state index contributed by atoms with van der Waals surface area (Å²) in [6.07, 6.45) is 3.01. The van der Waals surface area contributed by atoms with E-state index in [1.807, 2.05) is 20.8 Å². The average Bonchev–Trinajstić information content (AvgIpc) is 2.94. The molecule has 0 aliphatic heterocycles. The molecule has 0 aromatic carbocycles. The third-order valence-electron chi connectivity index (χ3n) is 3.52. The van der Waals surface area contributed by atoms with Crippen molar-refractivity contribution >= 4 is 28.0 Å². The van der Waals surface area contributed by atoms with Gasteiger partial charge in [0.25, 0.3) is 11.5 Å². The number of nitrogens with zero attached hydrogens (tertiary/aromatic N) is 4. The number of hydrogen-bond donors (Lipinski definition) is 1. The van der Waals surface area contributed by atoms with Crippen LogP contribution < -0.4 is 10.9 Å². The van der Waals surface area contributed by atoms with Crippen molar-refractivity contribution in [3.8, 4) is 0 Å². The molecule has 0 spiro atoms. The molecule has 22 heavy (non-hydrogen) atoms. The molecular weight excluding hydrogens is 302 g/mol. The van der Waals surface area contributed by atoms with Crippen LogP contribution in [0, 0.1) is 20.8 Å². The van der Waals surface area contributed by atoms with Gasteiger partial charge >= 0.3 is 0 Å². The van der Waals surface area contributed by atoms with E-state index in [0.29, 0.717) is 10.8 Å². The second kappa shape index (κ2) is 5.06. The fraction of sp³-hybridized carbons (Fsp3) is 0.286. The van der Waals surface area contributed by atoms with Crippen LogP contribution >= 0.6 is 11.3 Å². The van der Waals surface area contributed by atoms with Crippen LogP contribution in [0.25, 0.3) is 4.96 Å². The van der Waals surface area contributed by atoms with Gasteiger partial charge in [0.2, 0.25) is 0 Å². The molecule has 0 fully saturated rings. The number of hydrogen-bond acceptors (Lipinski definition) is 5. The first-order chi connectivity index (χ1) is 10.4. The normalized spacial score (nSPS) is 11.1. The lowest BCUT2D eigenvalue weighted by molar-refractivity contribution is 0.102. The Balaban J connectivity index is 2.02. The number of aromatic nitrogens is 4. The Morgan fingerprint density at radius 2 is 2.05 bits per heavy atom. The van der Waals surface area contributed by atoms with E-state index in [4.69, 9.17) is 0 Å². The minimum atomic E-state index is -0.484. The number of carbonyl (C=O) groups excluding carboxylic acids is 1. The molecule has 3 aromatic heterocycles. The third kappa shape index (κ3) is 2.21. The van der Waals surface area contributed by atoms with Gasteiger partial charge < -0.3 is 5.32 Å². The van der Waals surface area contributed by atoms with Crippen molar-refractivity contribution in [2.24, 2.45) is 7.05 Å². The van der Waals surface area contributed by atoms with Crippen molar-refractivity contribution in [2.75, 3.05) is 5.32 Å². The monoisotopic (exact) mass is 317 g/mol. The number of nitrogens with one attached hydrogen (secondary N) is 1. The molecule has 0 saturated carbocycles. The number of fused-ring (bicyclic) bond motifs is 1. The first kappa shape index (κ1) is 14.5. The fourth-order valence-corrected chi connectivity index (χ4v) is 3.05. The molecule has 0 atom stereocenters. The van der Waals surface area contributed by atoms with Gasteiger partial charge in [-0.2, -0.15) is 5.10 Å². The number of amides is 1. The number of aryl methyl sites for hydroxylation is 3. The van der Waals surface area contributed by atoms with Crippen molar-refractivity contribution in [3.63, 3.8) is 0 Å². The maximum absolute atomic E-state index is 12.4. The summed E-state index contributed by atoms with van der Waals surface area (Å²) in [5, 5.41) is 6.98. The Bertz CT molecular complexity index is 950. The van der Waals surface area contributed by atoms with Gasteiger partial charge in [-0.1, -0.05) is 0 Å². The van der Waals surface area contributed by atoms with Crippen molar-refractivity contribution in [1.82, 2.24) is 19.2 Å². The van der Waals surface area contributed by atoms with Crippen molar-refractivity contribution in [1.29, 1.82) is 0 Å². The summed E-state index contributed by atoms with van der Waals surface area (Å²) < 4.78 is 2.98. The first-order valence-corrected chi connectivity index (χ1v) is 7.49. The Morgan fingerprint density at radius 3 is 2.68 bits per heavy atom. The van der Waals surface area contributed by atoms with E-state index in [0.717, 1.165) is 16.1 Å². The molecule has 0 unspecified atom stereocenters. The molecule has 114 valence electrons. The van der Waals surface area contributed by atoms with Crippen LogP contribution in [0.4, 0.5) is 5.82 Å². The third-order valence-corrected chi connectivity index (χ3v) is 4.43. The molecule has 0 saturated heterocycles. The van der Waals surface area contributed by atoms with Crippen LogP contribution in [-0.4, -0.2) is 25.1 Å². The standard InChI is InChI=1S/C14H15N5O2S/c1-7-6-19-13(21)10(5-15-14(19)22-7)12(20)16-11-8(2)9(3)17-18(11)4/h5-6H,1-4H3,(H,16,20). The number of anilines is 1. The smallest absolute Gasteiger partial charge is 0.271 e. The van der Waals surface area contributed by atoms with Crippen LogP contribution in [0.3, 0.4) is 0 Å². The summed E-state index contributed by atoms with van der Waals surface area (Å²) in [7, 11) is 1.74. The highest BCUT2D eigenvalue weighted by atomic mass is 32.1. The van der Waals surface area contributed by atoms with Gasteiger partial charge in [-0.25, -0.2) is 4.98 Å². The first-order valence-electron chi connectivity index (χ1n) is 6.68. The number of rotatable bonds is 2. The zero-order chi connectivity index (χ0) is 16.0. The molecule has 1 amide bonds. The van der Waals surface area contributed by atoms with Gasteiger partial charge in [0.15, 0.2) is 4.96 Å². The van der Waals surface area contributed by atoms with E-state index in [1.165, 1.54) is 21.9 Å². The maximum atomic E-state index is 12.4. The molecule has 7 nitrogen and oxygen atoms in total. The highest BCUT2D eigenvalue weighted by Crippen LogP contribution is 2.18. The summed E-state index contributed by atoms with van der Waals surface area (Å²) >= 11 is 1.40. The minimum Gasteiger partial charge on any atom is -0.306 e. The molecule has 0 bridgehead atoms.